The fourth-order valence-electron chi connectivity index (χ4n) is 4.44. The third-order valence-electron chi connectivity index (χ3n) is 6.17. The monoisotopic (exact) mass is 505 g/mol. The van der Waals surface area contributed by atoms with Crippen LogP contribution in [0, 0.1) is 6.92 Å². The van der Waals surface area contributed by atoms with Crippen molar-refractivity contribution in [3.05, 3.63) is 65.6 Å². The van der Waals surface area contributed by atoms with Gasteiger partial charge in [-0.1, -0.05) is 24.3 Å². The predicted octanol–water partition coefficient (Wildman–Crippen LogP) is 4.10. The SMILES string of the molecule is Cc1cccc(COC2CCOC3(C2)CN(C(=O)c2c[nH]c4ccccc24)C3)n1.O=C(O)C(F)(F)F. The van der Waals surface area contributed by atoms with Crippen molar-refractivity contribution < 1.29 is 37.3 Å². The van der Waals surface area contributed by atoms with E-state index in [0.29, 0.717) is 26.3 Å². The number of pyridine rings is 1. The van der Waals surface area contributed by atoms with Gasteiger partial charge in [-0.3, -0.25) is 9.78 Å². The van der Waals surface area contributed by atoms with Crippen LogP contribution >= 0.6 is 0 Å². The van der Waals surface area contributed by atoms with Crippen molar-refractivity contribution in [1.29, 1.82) is 0 Å². The number of alkyl halides is 3. The molecule has 2 aliphatic heterocycles. The summed E-state index contributed by atoms with van der Waals surface area (Å²) < 4.78 is 44.0. The van der Waals surface area contributed by atoms with Gasteiger partial charge in [0.05, 0.1) is 37.1 Å². The third-order valence-corrected chi connectivity index (χ3v) is 6.17. The molecule has 0 bridgehead atoms. The fourth-order valence-corrected chi connectivity index (χ4v) is 4.44. The summed E-state index contributed by atoms with van der Waals surface area (Å²) in [7, 11) is 0. The maximum atomic E-state index is 13.0. The molecular formula is C25H26F3N3O5. The van der Waals surface area contributed by atoms with Gasteiger partial charge in [0.2, 0.25) is 0 Å². The number of aryl methyl sites for hydroxylation is 1. The van der Waals surface area contributed by atoms with Crippen LogP contribution in [0.2, 0.25) is 0 Å². The number of aromatic amines is 1. The third kappa shape index (κ3) is 5.85. The maximum absolute atomic E-state index is 13.0. The molecule has 0 saturated carbocycles. The molecule has 1 aromatic carbocycles. The van der Waals surface area contributed by atoms with E-state index >= 15 is 0 Å². The zero-order chi connectivity index (χ0) is 25.9. The second-order valence-electron chi connectivity index (χ2n) is 8.94. The molecule has 4 heterocycles. The first-order valence-electron chi connectivity index (χ1n) is 11.4. The average Bonchev–Trinajstić information content (AvgIpc) is 3.25. The Morgan fingerprint density at radius 1 is 1.22 bits per heavy atom. The Hall–Kier alpha value is -3.44. The molecule has 2 aliphatic rings. The minimum Gasteiger partial charge on any atom is -0.475 e. The lowest BCUT2D eigenvalue weighted by atomic mass is 9.84. The number of rotatable bonds is 4. The first-order chi connectivity index (χ1) is 17.1. The quantitative estimate of drug-likeness (QED) is 0.554. The Balaban J connectivity index is 0.000000384. The number of aliphatic carboxylic acids is 1. The number of carboxylic acids is 1. The van der Waals surface area contributed by atoms with Crippen molar-refractivity contribution in [3.63, 3.8) is 0 Å². The average molecular weight is 505 g/mol. The number of carbonyl (C=O) groups is 2. The van der Waals surface area contributed by atoms with Gasteiger partial charge < -0.3 is 24.5 Å². The normalized spacial score (nSPS) is 18.9. The van der Waals surface area contributed by atoms with E-state index in [0.717, 1.165) is 40.7 Å². The Kier molecular flexibility index (Phi) is 7.32. The van der Waals surface area contributed by atoms with E-state index < -0.39 is 12.1 Å². The number of carbonyl (C=O) groups excluding carboxylic acids is 1. The summed E-state index contributed by atoms with van der Waals surface area (Å²) in [5.41, 5.74) is 3.39. The summed E-state index contributed by atoms with van der Waals surface area (Å²) >= 11 is 0. The summed E-state index contributed by atoms with van der Waals surface area (Å²) in [5, 5.41) is 8.09. The van der Waals surface area contributed by atoms with Crippen LogP contribution in [0.4, 0.5) is 13.2 Å². The number of aromatic nitrogens is 2. The highest BCUT2D eigenvalue weighted by atomic mass is 19.4. The lowest BCUT2D eigenvalue weighted by Gasteiger charge is -2.53. The van der Waals surface area contributed by atoms with E-state index in [-0.39, 0.29) is 17.6 Å². The van der Waals surface area contributed by atoms with Gasteiger partial charge in [-0.05, 0) is 31.5 Å². The highest BCUT2D eigenvalue weighted by Gasteiger charge is 2.50. The summed E-state index contributed by atoms with van der Waals surface area (Å²) in [4.78, 5) is 31.4. The first-order valence-corrected chi connectivity index (χ1v) is 11.4. The summed E-state index contributed by atoms with van der Waals surface area (Å²) in [6, 6.07) is 13.9. The van der Waals surface area contributed by atoms with E-state index in [4.69, 9.17) is 19.4 Å². The van der Waals surface area contributed by atoms with Crippen molar-refractivity contribution in [3.8, 4) is 0 Å². The topological polar surface area (TPSA) is 105 Å². The van der Waals surface area contributed by atoms with Crippen molar-refractivity contribution in [2.75, 3.05) is 19.7 Å². The molecule has 2 N–H and O–H groups in total. The second kappa shape index (κ2) is 10.3. The zero-order valence-electron chi connectivity index (χ0n) is 19.5. The molecule has 1 spiro atoms. The Labute approximate surface area is 205 Å². The number of fused-ring (bicyclic) bond motifs is 1. The van der Waals surface area contributed by atoms with Crippen LogP contribution in [0.15, 0.2) is 48.7 Å². The van der Waals surface area contributed by atoms with Gasteiger partial charge in [-0.2, -0.15) is 13.2 Å². The number of amides is 1. The van der Waals surface area contributed by atoms with Gasteiger partial charge in [-0.15, -0.1) is 0 Å². The number of hydrogen-bond donors (Lipinski definition) is 2. The van der Waals surface area contributed by atoms with Crippen molar-refractivity contribution in [2.24, 2.45) is 0 Å². The molecule has 0 radical (unpaired) electrons. The Morgan fingerprint density at radius 2 is 1.94 bits per heavy atom. The molecule has 36 heavy (non-hydrogen) atoms. The van der Waals surface area contributed by atoms with Gasteiger partial charge in [0.1, 0.15) is 5.60 Å². The maximum Gasteiger partial charge on any atom is 0.490 e. The Morgan fingerprint density at radius 3 is 2.64 bits per heavy atom. The summed E-state index contributed by atoms with van der Waals surface area (Å²) in [5.74, 6) is -2.70. The second-order valence-corrected chi connectivity index (χ2v) is 8.94. The minimum atomic E-state index is -5.08. The highest BCUT2D eigenvalue weighted by molar-refractivity contribution is 6.07. The van der Waals surface area contributed by atoms with Crippen LogP contribution in [0.5, 0.6) is 0 Å². The van der Waals surface area contributed by atoms with Crippen LogP contribution in [0.25, 0.3) is 10.9 Å². The van der Waals surface area contributed by atoms with E-state index in [2.05, 4.69) is 9.97 Å². The lowest BCUT2D eigenvalue weighted by molar-refractivity contribution is -0.192. The number of hydrogen-bond acceptors (Lipinski definition) is 5. The number of H-pyrrole nitrogens is 1. The van der Waals surface area contributed by atoms with E-state index in [1.54, 1.807) is 6.20 Å². The number of nitrogens with one attached hydrogen (secondary N) is 1. The Bertz CT molecular complexity index is 1240. The van der Waals surface area contributed by atoms with Crippen LogP contribution in [-0.4, -0.2) is 69.4 Å². The number of ether oxygens (including phenoxy) is 2. The summed E-state index contributed by atoms with van der Waals surface area (Å²) in [6.45, 7) is 4.41. The molecule has 1 atom stereocenters. The number of carboxylic acid groups (broad SMARTS) is 1. The molecule has 11 heteroatoms. The molecule has 2 aromatic heterocycles. The van der Waals surface area contributed by atoms with Gasteiger partial charge in [-0.25, -0.2) is 4.79 Å². The van der Waals surface area contributed by atoms with Crippen LogP contribution in [0.3, 0.4) is 0 Å². The number of likely N-dealkylation sites (tertiary alicyclic amines) is 1. The van der Waals surface area contributed by atoms with Gasteiger partial charge >= 0.3 is 12.1 Å². The number of para-hydroxylation sites is 1. The molecule has 5 rings (SSSR count). The van der Waals surface area contributed by atoms with Crippen molar-refractivity contribution >= 4 is 22.8 Å². The zero-order valence-corrected chi connectivity index (χ0v) is 19.5. The minimum absolute atomic E-state index is 0.0590. The van der Waals surface area contributed by atoms with Gasteiger partial charge in [0.15, 0.2) is 0 Å². The largest absolute Gasteiger partial charge is 0.490 e. The van der Waals surface area contributed by atoms with Gasteiger partial charge in [0.25, 0.3) is 5.91 Å². The van der Waals surface area contributed by atoms with Gasteiger partial charge in [0, 0.05) is 35.8 Å². The molecule has 1 unspecified atom stereocenters. The fraction of sp³-hybridized carbons (Fsp3) is 0.400. The standard InChI is InChI=1S/C23H25N3O3.C2HF3O2/c1-16-5-4-6-17(25-16)13-28-18-9-10-29-23(11-18)14-26(15-23)22(27)20-12-24-21-8-3-2-7-19(20)21;3-2(4,5)1(6)7/h2-8,12,18,24H,9-11,13-15H2,1H3;(H,6,7). The lowest BCUT2D eigenvalue weighted by Crippen LogP contribution is -2.67. The van der Waals surface area contributed by atoms with E-state index in [1.807, 2.05) is 54.3 Å². The number of halogens is 3. The molecule has 192 valence electrons. The van der Waals surface area contributed by atoms with Crippen LogP contribution < -0.4 is 0 Å². The molecule has 1 amide bonds. The molecule has 8 nitrogen and oxygen atoms in total. The number of nitrogens with zero attached hydrogens (tertiary/aromatic N) is 2. The first kappa shape index (κ1) is 25.6. The van der Waals surface area contributed by atoms with Crippen LogP contribution in [-0.2, 0) is 20.9 Å². The molecule has 0 aliphatic carbocycles. The smallest absolute Gasteiger partial charge is 0.475 e. The highest BCUT2D eigenvalue weighted by Crippen LogP contribution is 2.37. The summed E-state index contributed by atoms with van der Waals surface area (Å²) in [6.07, 6.45) is -1.45. The van der Waals surface area contributed by atoms with E-state index in [9.17, 15) is 18.0 Å². The molecule has 3 aromatic rings. The van der Waals surface area contributed by atoms with Crippen molar-refractivity contribution in [1.82, 2.24) is 14.9 Å². The number of benzene rings is 1. The van der Waals surface area contributed by atoms with E-state index in [1.165, 1.54) is 0 Å². The molecule has 2 fully saturated rings. The molecule has 2 saturated heterocycles. The van der Waals surface area contributed by atoms with Crippen molar-refractivity contribution in [2.45, 2.75) is 44.3 Å². The molecular weight excluding hydrogens is 479 g/mol. The predicted molar refractivity (Wildman–Crippen MR) is 123 cm³/mol. The van der Waals surface area contributed by atoms with Crippen LogP contribution in [0.1, 0.15) is 34.6 Å².